The molecule has 0 spiro atoms. The molecule has 0 aromatic carbocycles. The van der Waals surface area contributed by atoms with Crippen LogP contribution in [0.4, 0.5) is 0 Å². The second-order valence-corrected chi connectivity index (χ2v) is 14.9. The van der Waals surface area contributed by atoms with E-state index >= 15 is 0 Å². The summed E-state index contributed by atoms with van der Waals surface area (Å²) in [7, 11) is 0. The van der Waals surface area contributed by atoms with Crippen molar-refractivity contribution < 1.29 is 10.2 Å². The van der Waals surface area contributed by atoms with E-state index in [0.717, 1.165) is 25.2 Å². The lowest BCUT2D eigenvalue weighted by molar-refractivity contribution is -0.170. The van der Waals surface area contributed by atoms with Crippen molar-refractivity contribution in [2.75, 3.05) is 0 Å². The molecule has 0 saturated heterocycles. The van der Waals surface area contributed by atoms with Gasteiger partial charge in [-0.3, -0.25) is 0 Å². The van der Waals surface area contributed by atoms with Crippen molar-refractivity contribution >= 4 is 0 Å². The van der Waals surface area contributed by atoms with Crippen molar-refractivity contribution in [3.8, 4) is 0 Å². The van der Waals surface area contributed by atoms with Gasteiger partial charge in [-0.15, -0.1) is 0 Å². The number of aliphatic hydroxyl groups excluding tert-OH is 2. The van der Waals surface area contributed by atoms with E-state index in [4.69, 9.17) is 0 Å². The predicted octanol–water partition coefficient (Wildman–Crippen LogP) is 7.14. The molecule has 0 aromatic heterocycles. The SMILES string of the molecule is CC1(C)C2CC[C@@]3(C)CC4=CC[C@H]5C(C)(C)[C@H](O)CCC5(C)[C@H]4CCC3[C@@]2(C)CC[C@@H]1O. The van der Waals surface area contributed by atoms with E-state index in [2.05, 4.69) is 54.5 Å². The highest BCUT2D eigenvalue weighted by atomic mass is 16.3. The Bertz CT molecular complexity index is 795. The number of aliphatic hydroxyl groups is 2. The third kappa shape index (κ3) is 2.96. The first-order valence-corrected chi connectivity index (χ1v) is 13.8. The fraction of sp³-hybridized carbons (Fsp3) is 0.933. The molecule has 4 fully saturated rings. The van der Waals surface area contributed by atoms with Crippen molar-refractivity contribution in [3.63, 3.8) is 0 Å². The summed E-state index contributed by atoms with van der Waals surface area (Å²) in [6.07, 6.45) is 14.4. The van der Waals surface area contributed by atoms with Gasteiger partial charge in [0.1, 0.15) is 0 Å². The number of hydrogen-bond donors (Lipinski definition) is 2. The van der Waals surface area contributed by atoms with Gasteiger partial charge in [-0.25, -0.2) is 0 Å². The van der Waals surface area contributed by atoms with Crippen LogP contribution in [0.3, 0.4) is 0 Å². The summed E-state index contributed by atoms with van der Waals surface area (Å²) in [6, 6.07) is 0. The van der Waals surface area contributed by atoms with Crippen LogP contribution < -0.4 is 0 Å². The highest BCUT2D eigenvalue weighted by Gasteiger charge is 2.63. The molecule has 0 aliphatic heterocycles. The van der Waals surface area contributed by atoms with Gasteiger partial charge in [0.05, 0.1) is 12.2 Å². The summed E-state index contributed by atoms with van der Waals surface area (Å²) in [4.78, 5) is 0. The third-order valence-corrected chi connectivity index (χ3v) is 12.9. The molecule has 5 rings (SSSR count). The molecule has 32 heavy (non-hydrogen) atoms. The average Bonchev–Trinajstić information content (AvgIpc) is 2.86. The van der Waals surface area contributed by atoms with Crippen molar-refractivity contribution in [2.45, 2.75) is 125 Å². The molecule has 5 aliphatic carbocycles. The smallest absolute Gasteiger partial charge is 0.0594 e. The van der Waals surface area contributed by atoms with Gasteiger partial charge in [-0.05, 0) is 115 Å². The number of allylic oxidation sites excluding steroid dienone is 2. The predicted molar refractivity (Wildman–Crippen MR) is 132 cm³/mol. The number of fused-ring (bicyclic) bond motifs is 6. The van der Waals surface area contributed by atoms with Crippen molar-refractivity contribution in [3.05, 3.63) is 11.6 Å². The molecule has 2 N–H and O–H groups in total. The molecule has 0 aromatic rings. The largest absolute Gasteiger partial charge is 0.393 e. The molecule has 4 saturated carbocycles. The molecule has 0 amide bonds. The van der Waals surface area contributed by atoms with Crippen molar-refractivity contribution in [1.29, 1.82) is 0 Å². The maximum absolute atomic E-state index is 10.9. The molecule has 0 heterocycles. The molecule has 2 nitrogen and oxygen atoms in total. The van der Waals surface area contributed by atoms with Crippen LogP contribution in [-0.4, -0.2) is 22.4 Å². The fourth-order valence-corrected chi connectivity index (χ4v) is 10.9. The fourth-order valence-electron chi connectivity index (χ4n) is 10.9. The Kier molecular flexibility index (Phi) is 5.19. The quantitative estimate of drug-likeness (QED) is 0.391. The Labute approximate surface area is 197 Å². The molecule has 182 valence electrons. The minimum atomic E-state index is -0.156. The summed E-state index contributed by atoms with van der Waals surface area (Å²) in [6.45, 7) is 17.2. The van der Waals surface area contributed by atoms with Gasteiger partial charge < -0.3 is 10.2 Å². The lowest BCUT2D eigenvalue weighted by atomic mass is 9.42. The van der Waals surface area contributed by atoms with Gasteiger partial charge in [0.2, 0.25) is 0 Å². The summed E-state index contributed by atoms with van der Waals surface area (Å²) in [5, 5.41) is 21.7. The molecule has 5 aliphatic rings. The van der Waals surface area contributed by atoms with Gasteiger partial charge >= 0.3 is 0 Å². The third-order valence-electron chi connectivity index (χ3n) is 12.9. The minimum Gasteiger partial charge on any atom is -0.393 e. The maximum Gasteiger partial charge on any atom is 0.0594 e. The molecule has 9 atom stereocenters. The lowest BCUT2D eigenvalue weighted by Crippen LogP contribution is -2.58. The van der Waals surface area contributed by atoms with Gasteiger partial charge in [-0.2, -0.15) is 0 Å². The standard InChI is InChI=1S/C30H50O2/c1-26(2)21-10-8-19-18-28(5)15-12-22-27(3,4)25(32)14-17-30(22,7)23(28)11-9-20(19)29(21,6)16-13-24(26)31/h8,20-25,31-32H,9-18H2,1-7H3/t20-,21-,22?,23?,24+,25-,28-,29?,30-/m0/s1. The Balaban J connectivity index is 1.50. The zero-order valence-electron chi connectivity index (χ0n) is 22.0. The van der Waals surface area contributed by atoms with Gasteiger partial charge in [0.15, 0.2) is 0 Å². The second-order valence-electron chi connectivity index (χ2n) is 14.9. The zero-order valence-corrected chi connectivity index (χ0v) is 22.0. The first kappa shape index (κ1) is 23.4. The van der Waals surface area contributed by atoms with Crippen LogP contribution in [0.15, 0.2) is 11.6 Å². The van der Waals surface area contributed by atoms with Gasteiger partial charge in [0.25, 0.3) is 0 Å². The summed E-state index contributed by atoms with van der Waals surface area (Å²) < 4.78 is 0. The van der Waals surface area contributed by atoms with Crippen LogP contribution in [-0.2, 0) is 0 Å². The van der Waals surface area contributed by atoms with E-state index in [-0.39, 0.29) is 23.0 Å². The van der Waals surface area contributed by atoms with Gasteiger partial charge in [0, 0.05) is 0 Å². The highest BCUT2D eigenvalue weighted by molar-refractivity contribution is 5.25. The number of rotatable bonds is 0. The maximum atomic E-state index is 10.9. The second kappa shape index (κ2) is 7.09. The van der Waals surface area contributed by atoms with Crippen LogP contribution in [0.5, 0.6) is 0 Å². The molecular weight excluding hydrogens is 392 g/mol. The van der Waals surface area contributed by atoms with Crippen molar-refractivity contribution in [2.24, 2.45) is 50.7 Å². The first-order chi connectivity index (χ1) is 14.8. The highest BCUT2D eigenvalue weighted by Crippen LogP contribution is 2.70. The first-order valence-electron chi connectivity index (χ1n) is 13.8. The van der Waals surface area contributed by atoms with Crippen LogP contribution in [0.25, 0.3) is 0 Å². The molecule has 2 heteroatoms. The van der Waals surface area contributed by atoms with Crippen LogP contribution in [0.2, 0.25) is 0 Å². The van der Waals surface area contributed by atoms with E-state index < -0.39 is 0 Å². The Hall–Kier alpha value is -0.340. The normalized spacial score (nSPS) is 54.2. The topological polar surface area (TPSA) is 40.5 Å². The molecule has 0 bridgehead atoms. The van der Waals surface area contributed by atoms with Crippen molar-refractivity contribution in [1.82, 2.24) is 0 Å². The summed E-state index contributed by atoms with van der Waals surface area (Å²) >= 11 is 0. The Morgan fingerprint density at radius 3 is 1.91 bits per heavy atom. The zero-order chi connectivity index (χ0) is 23.3. The van der Waals surface area contributed by atoms with E-state index in [1.165, 1.54) is 44.9 Å². The van der Waals surface area contributed by atoms with E-state index in [9.17, 15) is 10.2 Å². The molecule has 3 unspecified atom stereocenters. The van der Waals surface area contributed by atoms with E-state index in [0.29, 0.717) is 34.0 Å². The molecular formula is C30H50O2. The minimum absolute atomic E-state index is 0.0125. The number of hydrogen-bond acceptors (Lipinski definition) is 2. The Morgan fingerprint density at radius 2 is 1.25 bits per heavy atom. The van der Waals surface area contributed by atoms with Crippen LogP contribution in [0.1, 0.15) is 113 Å². The monoisotopic (exact) mass is 442 g/mol. The molecule has 0 radical (unpaired) electrons. The van der Waals surface area contributed by atoms with Crippen LogP contribution >= 0.6 is 0 Å². The Morgan fingerprint density at radius 1 is 0.656 bits per heavy atom. The van der Waals surface area contributed by atoms with Gasteiger partial charge in [-0.1, -0.05) is 60.1 Å². The lowest BCUT2D eigenvalue weighted by Gasteiger charge is -2.63. The summed E-state index contributed by atoms with van der Waals surface area (Å²) in [5.74, 6) is 2.68. The van der Waals surface area contributed by atoms with Crippen LogP contribution in [0, 0.1) is 50.7 Å². The van der Waals surface area contributed by atoms with E-state index in [1.807, 2.05) is 0 Å². The average molecular weight is 443 g/mol. The summed E-state index contributed by atoms with van der Waals surface area (Å²) in [5.41, 5.74) is 2.91. The van der Waals surface area contributed by atoms with E-state index in [1.54, 1.807) is 5.57 Å².